The Hall–Kier alpha value is -1.52. The Kier molecular flexibility index (Phi) is 5.37. The summed E-state index contributed by atoms with van der Waals surface area (Å²) in [6, 6.07) is 6.59. The first kappa shape index (κ1) is 21.3. The zero-order chi connectivity index (χ0) is 21.8. The van der Waals surface area contributed by atoms with Gasteiger partial charge in [0, 0.05) is 37.2 Å². The predicted molar refractivity (Wildman–Crippen MR) is 117 cm³/mol. The van der Waals surface area contributed by atoms with Crippen LogP contribution in [0.3, 0.4) is 0 Å². The molecule has 0 radical (unpaired) electrons. The maximum atomic E-state index is 11.6. The minimum atomic E-state index is -3.12. The van der Waals surface area contributed by atoms with Crippen LogP contribution in [-0.2, 0) is 33.3 Å². The van der Waals surface area contributed by atoms with Crippen LogP contribution in [-0.4, -0.2) is 71.2 Å². The number of sulfonamides is 1. The fraction of sp³-hybridized carbons (Fsp3) is 0.619. The smallest absolute Gasteiger partial charge is 0.211 e. The molecule has 168 valence electrons. The molecule has 3 aliphatic heterocycles. The number of aromatic nitrogens is 3. The molecule has 1 spiro atoms. The Morgan fingerprint density at radius 3 is 2.87 bits per heavy atom. The Morgan fingerprint density at radius 2 is 2.13 bits per heavy atom. The van der Waals surface area contributed by atoms with Gasteiger partial charge in [-0.15, -0.1) is 5.10 Å². The van der Waals surface area contributed by atoms with Gasteiger partial charge in [0.1, 0.15) is 0 Å². The standard InChI is InChI=1S/C21H28ClN5O3S/c1-15-10-21(20-9-17(22)4-3-16(20)5-8-30-21)6-7-25(15)11-18-12-27(24-23-18)19-13-26(14-19)31(2,28)29/h3-4,9,12,15,19H,5-8,10-11,13-14H2,1-2H3/t15-,21+/m0/s1. The van der Waals surface area contributed by atoms with E-state index in [9.17, 15) is 8.42 Å². The van der Waals surface area contributed by atoms with Crippen LogP contribution in [0, 0.1) is 0 Å². The van der Waals surface area contributed by atoms with Crippen molar-refractivity contribution in [2.45, 2.75) is 50.4 Å². The molecule has 0 amide bonds. The van der Waals surface area contributed by atoms with Crippen molar-refractivity contribution in [2.24, 2.45) is 0 Å². The van der Waals surface area contributed by atoms with Gasteiger partial charge >= 0.3 is 0 Å². The van der Waals surface area contributed by atoms with Gasteiger partial charge in [-0.2, -0.15) is 4.31 Å². The molecule has 2 atom stereocenters. The summed E-state index contributed by atoms with van der Waals surface area (Å²) in [7, 11) is -3.12. The lowest BCUT2D eigenvalue weighted by Gasteiger charge is -2.48. The maximum absolute atomic E-state index is 11.6. The molecule has 0 saturated carbocycles. The second-order valence-electron chi connectivity index (χ2n) is 9.09. The molecule has 8 nitrogen and oxygen atoms in total. The Balaban J connectivity index is 1.24. The van der Waals surface area contributed by atoms with E-state index in [1.54, 1.807) is 4.68 Å². The van der Waals surface area contributed by atoms with Crippen LogP contribution in [0.2, 0.25) is 5.02 Å². The van der Waals surface area contributed by atoms with E-state index in [0.29, 0.717) is 19.1 Å². The number of ether oxygens (including phenoxy) is 1. The van der Waals surface area contributed by atoms with Crippen LogP contribution in [0.15, 0.2) is 24.4 Å². The van der Waals surface area contributed by atoms with Gasteiger partial charge < -0.3 is 4.74 Å². The highest BCUT2D eigenvalue weighted by atomic mass is 35.5. The first-order chi connectivity index (χ1) is 14.7. The molecule has 2 saturated heterocycles. The van der Waals surface area contributed by atoms with E-state index in [1.807, 2.05) is 12.3 Å². The summed E-state index contributed by atoms with van der Waals surface area (Å²) in [4.78, 5) is 2.42. The first-order valence-electron chi connectivity index (χ1n) is 10.8. The average molecular weight is 466 g/mol. The maximum Gasteiger partial charge on any atom is 0.211 e. The molecule has 1 aromatic heterocycles. The molecule has 31 heavy (non-hydrogen) atoms. The molecule has 3 aliphatic rings. The van der Waals surface area contributed by atoms with E-state index in [4.69, 9.17) is 16.3 Å². The van der Waals surface area contributed by atoms with Gasteiger partial charge in [-0.3, -0.25) is 4.90 Å². The number of halogens is 1. The Bertz CT molecular complexity index is 1080. The van der Waals surface area contributed by atoms with Crippen LogP contribution >= 0.6 is 11.6 Å². The molecule has 4 heterocycles. The predicted octanol–water partition coefficient (Wildman–Crippen LogP) is 2.20. The molecule has 0 unspecified atom stereocenters. The first-order valence-corrected chi connectivity index (χ1v) is 13.0. The van der Waals surface area contributed by atoms with Crippen LogP contribution in [0.5, 0.6) is 0 Å². The third-order valence-corrected chi connectivity index (χ3v) is 8.43. The minimum absolute atomic E-state index is 0.0647. The summed E-state index contributed by atoms with van der Waals surface area (Å²) in [5.74, 6) is 0. The van der Waals surface area contributed by atoms with Crippen molar-refractivity contribution in [3.05, 3.63) is 46.2 Å². The topological polar surface area (TPSA) is 80.6 Å². The second-order valence-corrected chi connectivity index (χ2v) is 11.5. The lowest BCUT2D eigenvalue weighted by atomic mass is 9.77. The lowest BCUT2D eigenvalue weighted by Crippen LogP contribution is -2.50. The van der Waals surface area contributed by atoms with Gasteiger partial charge in [0.2, 0.25) is 10.0 Å². The van der Waals surface area contributed by atoms with E-state index in [2.05, 4.69) is 34.3 Å². The average Bonchev–Trinajstić information content (AvgIpc) is 3.11. The van der Waals surface area contributed by atoms with Gasteiger partial charge in [0.15, 0.2) is 0 Å². The fourth-order valence-corrected chi connectivity index (χ4v) is 6.17. The molecular formula is C21H28ClN5O3S. The van der Waals surface area contributed by atoms with Crippen molar-refractivity contribution in [1.29, 1.82) is 0 Å². The summed E-state index contributed by atoms with van der Waals surface area (Å²) in [5, 5.41) is 9.35. The number of benzene rings is 1. The molecule has 10 heteroatoms. The summed E-state index contributed by atoms with van der Waals surface area (Å²) in [6.45, 7) is 5.55. The van der Waals surface area contributed by atoms with E-state index < -0.39 is 10.0 Å². The molecule has 0 bridgehead atoms. The highest BCUT2D eigenvalue weighted by Crippen LogP contribution is 2.44. The van der Waals surface area contributed by atoms with Crippen LogP contribution < -0.4 is 0 Å². The molecule has 5 rings (SSSR count). The number of nitrogens with zero attached hydrogens (tertiary/aromatic N) is 5. The van der Waals surface area contributed by atoms with Crippen molar-refractivity contribution in [1.82, 2.24) is 24.2 Å². The SMILES string of the molecule is C[C@H]1C[C@@]2(CCN1Cc1cn(C3CN(S(C)(=O)=O)C3)nn1)OCCc1ccc(Cl)cc12. The number of rotatable bonds is 4. The summed E-state index contributed by atoms with van der Waals surface area (Å²) >= 11 is 6.31. The van der Waals surface area contributed by atoms with Crippen molar-refractivity contribution >= 4 is 21.6 Å². The molecule has 0 aliphatic carbocycles. The normalized spacial score (nSPS) is 27.9. The summed E-state index contributed by atoms with van der Waals surface area (Å²) in [5.41, 5.74) is 3.26. The van der Waals surface area contributed by atoms with Crippen molar-refractivity contribution < 1.29 is 13.2 Å². The highest BCUT2D eigenvalue weighted by molar-refractivity contribution is 7.88. The van der Waals surface area contributed by atoms with Gasteiger partial charge in [-0.05, 0) is 49.4 Å². The third-order valence-electron chi connectivity index (χ3n) is 6.96. The minimum Gasteiger partial charge on any atom is -0.370 e. The number of piperidine rings is 1. The van der Waals surface area contributed by atoms with Crippen LogP contribution in [0.25, 0.3) is 0 Å². The van der Waals surface area contributed by atoms with Crippen molar-refractivity contribution in [3.63, 3.8) is 0 Å². The van der Waals surface area contributed by atoms with Crippen molar-refractivity contribution in [3.8, 4) is 0 Å². The fourth-order valence-electron chi connectivity index (χ4n) is 5.12. The van der Waals surface area contributed by atoms with Gasteiger partial charge in [-0.25, -0.2) is 13.1 Å². The molecule has 1 aromatic carbocycles. The molecule has 2 fully saturated rings. The Morgan fingerprint density at radius 1 is 1.32 bits per heavy atom. The van der Waals surface area contributed by atoms with E-state index in [-0.39, 0.29) is 11.6 Å². The number of hydrogen-bond acceptors (Lipinski definition) is 6. The molecule has 2 aromatic rings. The van der Waals surface area contributed by atoms with E-state index >= 15 is 0 Å². The quantitative estimate of drug-likeness (QED) is 0.688. The van der Waals surface area contributed by atoms with Crippen LogP contribution in [0.4, 0.5) is 0 Å². The second kappa shape index (κ2) is 7.81. The summed E-state index contributed by atoms with van der Waals surface area (Å²) in [6.07, 6.45) is 5.97. The molecule has 0 N–H and O–H groups in total. The highest BCUT2D eigenvalue weighted by Gasteiger charge is 2.43. The van der Waals surface area contributed by atoms with E-state index in [1.165, 1.54) is 21.7 Å². The zero-order valence-corrected chi connectivity index (χ0v) is 19.4. The Labute approximate surface area is 188 Å². The monoisotopic (exact) mass is 465 g/mol. The van der Waals surface area contributed by atoms with Gasteiger partial charge in [0.05, 0.1) is 36.4 Å². The largest absolute Gasteiger partial charge is 0.370 e. The number of hydrogen-bond donors (Lipinski definition) is 0. The van der Waals surface area contributed by atoms with E-state index in [0.717, 1.165) is 49.7 Å². The zero-order valence-electron chi connectivity index (χ0n) is 17.9. The third kappa shape index (κ3) is 4.02. The lowest BCUT2D eigenvalue weighted by molar-refractivity contribution is -0.113. The summed E-state index contributed by atoms with van der Waals surface area (Å²) < 4.78 is 32.8. The van der Waals surface area contributed by atoms with Crippen molar-refractivity contribution in [2.75, 3.05) is 32.5 Å². The van der Waals surface area contributed by atoms with Crippen LogP contribution in [0.1, 0.15) is 42.6 Å². The number of likely N-dealkylation sites (tertiary alicyclic amines) is 1. The molecular weight excluding hydrogens is 438 g/mol. The van der Waals surface area contributed by atoms with Gasteiger partial charge in [-0.1, -0.05) is 22.9 Å². The van der Waals surface area contributed by atoms with Gasteiger partial charge in [0.25, 0.3) is 0 Å². The number of fused-ring (bicyclic) bond motifs is 2.